The number of ether oxygens (including phenoxy) is 1. The number of benzene rings is 1. The molecule has 2 atom stereocenters. The minimum absolute atomic E-state index is 0.0131. The number of halogens is 1. The summed E-state index contributed by atoms with van der Waals surface area (Å²) in [5.74, 6) is 0.731. The van der Waals surface area contributed by atoms with Gasteiger partial charge < -0.3 is 15.2 Å². The highest BCUT2D eigenvalue weighted by Crippen LogP contribution is 2.24. The van der Waals surface area contributed by atoms with Gasteiger partial charge in [0, 0.05) is 13.0 Å². The Labute approximate surface area is 124 Å². The van der Waals surface area contributed by atoms with Gasteiger partial charge in [0.05, 0.1) is 12.7 Å². The van der Waals surface area contributed by atoms with Crippen LogP contribution in [0.4, 0.5) is 4.39 Å². The highest BCUT2D eigenvalue weighted by atomic mass is 19.1. The Kier molecular flexibility index (Phi) is 5.99. The molecule has 1 aromatic rings. The van der Waals surface area contributed by atoms with E-state index in [4.69, 9.17) is 4.74 Å². The number of nitrogens with one attached hydrogen (secondary N) is 1. The maximum absolute atomic E-state index is 12.7. The summed E-state index contributed by atoms with van der Waals surface area (Å²) < 4.78 is 18.1. The molecule has 1 aliphatic rings. The summed E-state index contributed by atoms with van der Waals surface area (Å²) in [7, 11) is 0. The molecule has 0 spiro atoms. The van der Waals surface area contributed by atoms with Crippen LogP contribution in [0.5, 0.6) is 5.75 Å². The molecule has 1 aromatic carbocycles. The Bertz CT molecular complexity index is 449. The fourth-order valence-electron chi connectivity index (χ4n) is 2.53. The topological polar surface area (TPSA) is 58.6 Å². The molecule has 0 radical (unpaired) electrons. The molecule has 2 unspecified atom stereocenters. The number of carbonyl (C=O) groups is 1. The number of carbonyl (C=O) groups excluding carboxylic acids is 1. The van der Waals surface area contributed by atoms with Gasteiger partial charge in [0.25, 0.3) is 0 Å². The van der Waals surface area contributed by atoms with Crippen LogP contribution in [0.3, 0.4) is 0 Å². The van der Waals surface area contributed by atoms with Gasteiger partial charge >= 0.3 is 0 Å². The van der Waals surface area contributed by atoms with E-state index in [1.54, 1.807) is 12.1 Å². The molecule has 2 rings (SSSR count). The van der Waals surface area contributed by atoms with Crippen LogP contribution < -0.4 is 10.1 Å². The van der Waals surface area contributed by atoms with Gasteiger partial charge in [0.2, 0.25) is 5.91 Å². The lowest BCUT2D eigenvalue weighted by molar-refractivity contribution is -0.121. The summed E-state index contributed by atoms with van der Waals surface area (Å²) in [5.41, 5.74) is 0. The Morgan fingerprint density at radius 3 is 2.76 bits per heavy atom. The molecule has 5 heteroatoms. The molecular weight excluding hydrogens is 273 g/mol. The molecular formula is C16H22FNO3. The first-order chi connectivity index (χ1) is 10.1. The van der Waals surface area contributed by atoms with Gasteiger partial charge in [-0.15, -0.1) is 0 Å². The zero-order valence-electron chi connectivity index (χ0n) is 12.1. The van der Waals surface area contributed by atoms with Gasteiger partial charge in [0.1, 0.15) is 11.6 Å². The van der Waals surface area contributed by atoms with Crippen LogP contribution in [0.15, 0.2) is 24.3 Å². The van der Waals surface area contributed by atoms with Crippen LogP contribution in [0.1, 0.15) is 32.1 Å². The minimum atomic E-state index is -0.293. The summed E-state index contributed by atoms with van der Waals surface area (Å²) in [6.07, 6.45) is 3.44. The monoisotopic (exact) mass is 295 g/mol. The third-order valence-electron chi connectivity index (χ3n) is 3.73. The predicted octanol–water partition coefficient (Wildman–Crippen LogP) is 2.26. The number of aliphatic hydroxyl groups excluding tert-OH is 1. The van der Waals surface area contributed by atoms with E-state index in [1.807, 2.05) is 0 Å². The van der Waals surface area contributed by atoms with Crippen LogP contribution in [-0.4, -0.2) is 30.3 Å². The maximum atomic E-state index is 12.7. The van der Waals surface area contributed by atoms with E-state index < -0.39 is 0 Å². The van der Waals surface area contributed by atoms with Gasteiger partial charge in [-0.2, -0.15) is 0 Å². The Balaban J connectivity index is 1.54. The van der Waals surface area contributed by atoms with Crippen molar-refractivity contribution in [2.75, 3.05) is 13.2 Å². The van der Waals surface area contributed by atoms with Gasteiger partial charge in [-0.25, -0.2) is 4.39 Å². The molecule has 1 saturated carbocycles. The van der Waals surface area contributed by atoms with Crippen molar-refractivity contribution in [3.8, 4) is 5.75 Å². The zero-order valence-corrected chi connectivity index (χ0v) is 12.1. The van der Waals surface area contributed by atoms with Crippen LogP contribution in [0, 0.1) is 11.7 Å². The fourth-order valence-corrected chi connectivity index (χ4v) is 2.53. The molecule has 0 heterocycles. The van der Waals surface area contributed by atoms with Crippen molar-refractivity contribution in [3.63, 3.8) is 0 Å². The largest absolute Gasteiger partial charge is 0.494 e. The molecule has 4 nitrogen and oxygen atoms in total. The number of hydrogen-bond acceptors (Lipinski definition) is 3. The molecule has 1 amide bonds. The summed E-state index contributed by atoms with van der Waals surface area (Å²) >= 11 is 0. The molecule has 1 aliphatic carbocycles. The molecule has 21 heavy (non-hydrogen) atoms. The van der Waals surface area contributed by atoms with E-state index >= 15 is 0 Å². The van der Waals surface area contributed by atoms with Crippen LogP contribution >= 0.6 is 0 Å². The first-order valence-electron chi connectivity index (χ1n) is 7.46. The van der Waals surface area contributed by atoms with Crippen LogP contribution in [-0.2, 0) is 4.79 Å². The van der Waals surface area contributed by atoms with Crippen molar-refractivity contribution in [2.45, 2.75) is 38.2 Å². The number of rotatable bonds is 7. The molecule has 0 aliphatic heterocycles. The van der Waals surface area contributed by atoms with E-state index in [0.717, 1.165) is 19.3 Å². The fraction of sp³-hybridized carbons (Fsp3) is 0.562. The van der Waals surface area contributed by atoms with Gasteiger partial charge in [0.15, 0.2) is 0 Å². The average Bonchev–Trinajstić information content (AvgIpc) is 2.89. The summed E-state index contributed by atoms with van der Waals surface area (Å²) in [6, 6.07) is 5.83. The zero-order chi connectivity index (χ0) is 15.1. The van der Waals surface area contributed by atoms with E-state index in [9.17, 15) is 14.3 Å². The van der Waals surface area contributed by atoms with Crippen molar-refractivity contribution >= 4 is 5.91 Å². The second-order valence-electron chi connectivity index (χ2n) is 5.54. The Hall–Kier alpha value is -1.62. The second kappa shape index (κ2) is 7.98. The molecule has 1 fully saturated rings. The normalized spacial score (nSPS) is 21.2. The van der Waals surface area contributed by atoms with Gasteiger partial charge in [-0.05, 0) is 55.9 Å². The predicted molar refractivity (Wildman–Crippen MR) is 77.5 cm³/mol. The lowest BCUT2D eigenvalue weighted by Crippen LogP contribution is -2.28. The number of aliphatic hydroxyl groups is 1. The molecule has 116 valence electrons. The lowest BCUT2D eigenvalue weighted by Gasteiger charge is -2.11. The van der Waals surface area contributed by atoms with Crippen LogP contribution in [0.2, 0.25) is 0 Å². The standard InChI is InChI=1S/C16H22FNO3/c17-13-4-7-15(8-5-13)21-9-1-2-16(20)18-11-12-3-6-14(19)10-12/h4-5,7-8,12,14,19H,1-3,6,9-11H2,(H,18,20). The second-order valence-corrected chi connectivity index (χ2v) is 5.54. The summed E-state index contributed by atoms with van der Waals surface area (Å²) in [6.45, 7) is 1.08. The Morgan fingerprint density at radius 1 is 1.33 bits per heavy atom. The minimum Gasteiger partial charge on any atom is -0.494 e. The summed E-state index contributed by atoms with van der Waals surface area (Å²) in [4.78, 5) is 11.7. The quantitative estimate of drug-likeness (QED) is 0.759. The van der Waals surface area contributed by atoms with Crippen molar-refractivity contribution in [1.82, 2.24) is 5.32 Å². The van der Waals surface area contributed by atoms with E-state index in [1.165, 1.54) is 12.1 Å². The molecule has 0 aromatic heterocycles. The maximum Gasteiger partial charge on any atom is 0.220 e. The highest BCUT2D eigenvalue weighted by Gasteiger charge is 2.22. The average molecular weight is 295 g/mol. The Morgan fingerprint density at radius 2 is 2.10 bits per heavy atom. The summed E-state index contributed by atoms with van der Waals surface area (Å²) in [5, 5.41) is 12.3. The van der Waals surface area contributed by atoms with E-state index in [-0.39, 0.29) is 17.8 Å². The van der Waals surface area contributed by atoms with E-state index in [0.29, 0.717) is 37.7 Å². The third kappa shape index (κ3) is 5.71. The molecule has 0 bridgehead atoms. The number of amides is 1. The highest BCUT2D eigenvalue weighted by molar-refractivity contribution is 5.75. The first kappa shape index (κ1) is 15.8. The van der Waals surface area contributed by atoms with Gasteiger partial charge in [-0.3, -0.25) is 4.79 Å². The first-order valence-corrected chi connectivity index (χ1v) is 7.46. The smallest absolute Gasteiger partial charge is 0.220 e. The van der Waals surface area contributed by atoms with Crippen molar-refractivity contribution < 1.29 is 19.0 Å². The number of hydrogen-bond donors (Lipinski definition) is 2. The lowest BCUT2D eigenvalue weighted by atomic mass is 10.1. The molecule has 0 saturated heterocycles. The third-order valence-corrected chi connectivity index (χ3v) is 3.73. The van der Waals surface area contributed by atoms with Crippen LogP contribution in [0.25, 0.3) is 0 Å². The molecule has 2 N–H and O–H groups in total. The SMILES string of the molecule is O=C(CCCOc1ccc(F)cc1)NCC1CCC(O)C1. The van der Waals surface area contributed by atoms with Crippen molar-refractivity contribution in [1.29, 1.82) is 0 Å². The van der Waals surface area contributed by atoms with Crippen molar-refractivity contribution in [3.05, 3.63) is 30.1 Å². The van der Waals surface area contributed by atoms with Gasteiger partial charge in [-0.1, -0.05) is 0 Å². The van der Waals surface area contributed by atoms with E-state index in [2.05, 4.69) is 5.32 Å². The van der Waals surface area contributed by atoms with Crippen molar-refractivity contribution in [2.24, 2.45) is 5.92 Å².